The number of nitrogens with one attached hydrogen (secondary N) is 2. The fourth-order valence-electron chi connectivity index (χ4n) is 2.73. The van der Waals surface area contributed by atoms with Gasteiger partial charge in [0.2, 0.25) is 5.88 Å². The summed E-state index contributed by atoms with van der Waals surface area (Å²) in [5.74, 6) is 3.12. The molecule has 2 N–H and O–H groups in total. The number of ether oxygens (including phenoxy) is 2. The minimum Gasteiger partial charge on any atom is -0.497 e. The first kappa shape index (κ1) is 17.2. The van der Waals surface area contributed by atoms with Gasteiger partial charge in [-0.2, -0.15) is 10.1 Å². The van der Waals surface area contributed by atoms with E-state index < -0.39 is 0 Å². The maximum absolute atomic E-state index is 6.07. The van der Waals surface area contributed by atoms with E-state index in [1.807, 2.05) is 49.4 Å². The van der Waals surface area contributed by atoms with Crippen LogP contribution in [0.4, 0.5) is 11.6 Å². The van der Waals surface area contributed by atoms with Gasteiger partial charge in [0.25, 0.3) is 0 Å². The van der Waals surface area contributed by atoms with Crippen LogP contribution in [0.15, 0.2) is 54.6 Å². The van der Waals surface area contributed by atoms with Crippen molar-refractivity contribution in [3.63, 3.8) is 0 Å². The monoisotopic (exact) mass is 380 g/mol. The topological polar surface area (TPSA) is 72.1 Å². The summed E-state index contributed by atoms with van der Waals surface area (Å²) in [6.07, 6.45) is 0. The van der Waals surface area contributed by atoms with Crippen LogP contribution in [0.25, 0.3) is 10.8 Å². The maximum Gasteiger partial charge on any atom is 0.229 e. The summed E-state index contributed by atoms with van der Waals surface area (Å²) < 4.78 is 11.4. The van der Waals surface area contributed by atoms with Crippen LogP contribution < -0.4 is 14.8 Å². The van der Waals surface area contributed by atoms with Crippen LogP contribution in [0.2, 0.25) is 5.02 Å². The first-order valence-electron chi connectivity index (χ1n) is 8.32. The van der Waals surface area contributed by atoms with Gasteiger partial charge in [-0.05, 0) is 54.8 Å². The Kier molecular flexibility index (Phi) is 4.56. The lowest BCUT2D eigenvalue weighted by atomic mass is 10.1. The van der Waals surface area contributed by atoms with E-state index in [-0.39, 0.29) is 0 Å². The number of H-pyrrole nitrogens is 1. The molecule has 2 aromatic heterocycles. The highest BCUT2D eigenvalue weighted by Gasteiger charge is 2.11. The number of aromatic nitrogens is 3. The Labute approximate surface area is 161 Å². The zero-order valence-corrected chi connectivity index (χ0v) is 15.5. The molecule has 136 valence electrons. The lowest BCUT2D eigenvalue weighted by molar-refractivity contribution is 0.415. The molecule has 0 amide bonds. The quantitative estimate of drug-likeness (QED) is 0.480. The molecule has 0 saturated carbocycles. The van der Waals surface area contributed by atoms with Crippen molar-refractivity contribution < 1.29 is 9.47 Å². The Balaban J connectivity index is 1.79. The lowest BCUT2D eigenvalue weighted by Crippen LogP contribution is -1.97. The number of benzene rings is 2. The Bertz CT molecular complexity index is 1110. The molecule has 7 heteroatoms. The van der Waals surface area contributed by atoms with Crippen LogP contribution in [0.5, 0.6) is 17.4 Å². The molecule has 6 nitrogen and oxygen atoms in total. The number of fused-ring (bicyclic) bond motifs is 1. The fourth-order valence-corrected chi connectivity index (χ4v) is 2.91. The zero-order chi connectivity index (χ0) is 18.8. The molecule has 27 heavy (non-hydrogen) atoms. The van der Waals surface area contributed by atoms with Gasteiger partial charge >= 0.3 is 0 Å². The Hall–Kier alpha value is -3.25. The van der Waals surface area contributed by atoms with Crippen LogP contribution in [0.3, 0.4) is 0 Å². The number of pyridine rings is 1. The van der Waals surface area contributed by atoms with Gasteiger partial charge in [-0.3, -0.25) is 5.10 Å². The van der Waals surface area contributed by atoms with Crippen LogP contribution in [-0.2, 0) is 0 Å². The second kappa shape index (κ2) is 7.17. The summed E-state index contributed by atoms with van der Waals surface area (Å²) in [6.45, 7) is 1.94. The fraction of sp³-hybridized carbons (Fsp3) is 0.100. The summed E-state index contributed by atoms with van der Waals surface area (Å²) in [5, 5.41) is 12.7. The smallest absolute Gasteiger partial charge is 0.229 e. The molecule has 0 radical (unpaired) electrons. The van der Waals surface area contributed by atoms with E-state index >= 15 is 0 Å². The van der Waals surface area contributed by atoms with Crippen molar-refractivity contribution in [1.29, 1.82) is 0 Å². The number of halogens is 1. The number of hydrogen-bond donors (Lipinski definition) is 2. The average Bonchev–Trinajstić information content (AvgIpc) is 3.06. The highest BCUT2D eigenvalue weighted by molar-refractivity contribution is 6.30. The van der Waals surface area contributed by atoms with E-state index in [2.05, 4.69) is 20.5 Å². The number of hydrogen-bond acceptors (Lipinski definition) is 5. The summed E-state index contributed by atoms with van der Waals surface area (Å²) >= 11 is 6.07. The Morgan fingerprint density at radius 2 is 1.89 bits per heavy atom. The lowest BCUT2D eigenvalue weighted by Gasteiger charge is -2.12. The van der Waals surface area contributed by atoms with Crippen LogP contribution in [0.1, 0.15) is 5.69 Å². The second-order valence-corrected chi connectivity index (χ2v) is 6.46. The SMILES string of the molecule is COc1ccc2c(Oc3cccc(Cl)c3)nc(Nc3cc(C)[nH]n3)cc2c1. The number of aryl methyl sites for hydroxylation is 1. The summed E-state index contributed by atoms with van der Waals surface area (Å²) in [4.78, 5) is 4.61. The van der Waals surface area contributed by atoms with E-state index in [1.165, 1.54) is 0 Å². The van der Waals surface area contributed by atoms with E-state index in [9.17, 15) is 0 Å². The third-order valence-corrected chi connectivity index (χ3v) is 4.21. The molecule has 4 rings (SSSR count). The molecule has 0 unspecified atom stereocenters. The molecule has 4 aromatic rings. The summed E-state index contributed by atoms with van der Waals surface area (Å²) in [5.41, 5.74) is 0.954. The van der Waals surface area contributed by atoms with Gasteiger partial charge in [-0.1, -0.05) is 17.7 Å². The number of rotatable bonds is 5. The van der Waals surface area contributed by atoms with E-state index in [0.717, 1.165) is 22.2 Å². The molecule has 2 heterocycles. The highest BCUT2D eigenvalue weighted by Crippen LogP contribution is 2.33. The molecule has 0 saturated heterocycles. The zero-order valence-electron chi connectivity index (χ0n) is 14.8. The van der Waals surface area contributed by atoms with Crippen LogP contribution >= 0.6 is 11.6 Å². The summed E-state index contributed by atoms with van der Waals surface area (Å²) in [6, 6.07) is 16.8. The molecule has 0 aliphatic rings. The molecular formula is C20H17ClN4O2. The van der Waals surface area contributed by atoms with Crippen molar-refractivity contribution in [3.05, 3.63) is 65.3 Å². The predicted molar refractivity (Wildman–Crippen MR) is 106 cm³/mol. The molecular weight excluding hydrogens is 364 g/mol. The van der Waals surface area contributed by atoms with Gasteiger partial charge in [0.15, 0.2) is 5.82 Å². The predicted octanol–water partition coefficient (Wildman–Crippen LogP) is 5.46. The third kappa shape index (κ3) is 3.80. The van der Waals surface area contributed by atoms with Crippen molar-refractivity contribution >= 4 is 34.0 Å². The molecule has 0 bridgehead atoms. The second-order valence-electron chi connectivity index (χ2n) is 6.02. The van der Waals surface area contributed by atoms with Crippen molar-refractivity contribution in [2.45, 2.75) is 6.92 Å². The third-order valence-electron chi connectivity index (χ3n) is 3.98. The molecule has 0 atom stereocenters. The van der Waals surface area contributed by atoms with Gasteiger partial charge in [-0.15, -0.1) is 0 Å². The average molecular weight is 381 g/mol. The largest absolute Gasteiger partial charge is 0.497 e. The highest BCUT2D eigenvalue weighted by atomic mass is 35.5. The first-order chi connectivity index (χ1) is 13.1. The van der Waals surface area contributed by atoms with Crippen molar-refractivity contribution in [2.75, 3.05) is 12.4 Å². The summed E-state index contributed by atoms with van der Waals surface area (Å²) in [7, 11) is 1.64. The van der Waals surface area contributed by atoms with Gasteiger partial charge in [-0.25, -0.2) is 0 Å². The van der Waals surface area contributed by atoms with Gasteiger partial charge in [0.05, 0.1) is 7.11 Å². The van der Waals surface area contributed by atoms with E-state index in [0.29, 0.717) is 28.3 Å². The number of methoxy groups -OCH3 is 1. The molecule has 0 fully saturated rings. The standard InChI is InChI=1S/C20H17ClN4O2/c1-12-8-19(25-24-12)22-18-10-13-9-15(26-2)6-7-17(13)20(23-18)27-16-5-3-4-14(21)11-16/h3-11H,1-2H3,(H2,22,23,24,25). The minimum absolute atomic E-state index is 0.465. The molecule has 2 aromatic carbocycles. The number of aromatic amines is 1. The van der Waals surface area contributed by atoms with Gasteiger partial charge in [0, 0.05) is 22.2 Å². The number of anilines is 2. The van der Waals surface area contributed by atoms with Crippen molar-refractivity contribution in [1.82, 2.24) is 15.2 Å². The number of nitrogens with zero attached hydrogens (tertiary/aromatic N) is 2. The minimum atomic E-state index is 0.465. The van der Waals surface area contributed by atoms with Gasteiger partial charge < -0.3 is 14.8 Å². The van der Waals surface area contributed by atoms with Crippen LogP contribution in [-0.4, -0.2) is 22.3 Å². The van der Waals surface area contributed by atoms with Gasteiger partial charge in [0.1, 0.15) is 17.3 Å². The Morgan fingerprint density at radius 1 is 1.00 bits per heavy atom. The van der Waals surface area contributed by atoms with Crippen molar-refractivity contribution in [2.24, 2.45) is 0 Å². The normalized spacial score (nSPS) is 10.8. The van der Waals surface area contributed by atoms with E-state index in [1.54, 1.807) is 19.2 Å². The first-order valence-corrected chi connectivity index (χ1v) is 8.70. The van der Waals surface area contributed by atoms with Crippen LogP contribution in [0, 0.1) is 6.92 Å². The molecule has 0 aliphatic heterocycles. The maximum atomic E-state index is 6.07. The molecule has 0 spiro atoms. The van der Waals surface area contributed by atoms with Crippen molar-refractivity contribution in [3.8, 4) is 17.4 Å². The molecule has 0 aliphatic carbocycles. The Morgan fingerprint density at radius 3 is 2.63 bits per heavy atom. The van der Waals surface area contributed by atoms with E-state index in [4.69, 9.17) is 21.1 Å².